The molecule has 0 saturated heterocycles. The van der Waals surface area contributed by atoms with Gasteiger partial charge in [0.05, 0.1) is 5.69 Å². The molecule has 1 heterocycles. The molecule has 0 fully saturated rings. The molecule has 0 aliphatic heterocycles. The number of nitrogens with zero attached hydrogens (tertiary/aromatic N) is 1. The second kappa shape index (κ2) is 3.45. The Morgan fingerprint density at radius 2 is 2.31 bits per heavy atom. The molecule has 0 saturated carbocycles. The van der Waals surface area contributed by atoms with E-state index in [4.69, 9.17) is 4.52 Å². The summed E-state index contributed by atoms with van der Waals surface area (Å²) in [5.41, 5.74) is 2.44. The first-order valence-electron chi connectivity index (χ1n) is 4.75. The normalized spacial score (nSPS) is 27.3. The third-order valence-corrected chi connectivity index (χ3v) is 3.31. The van der Waals surface area contributed by atoms with Crippen molar-refractivity contribution in [1.82, 2.24) is 5.16 Å². The minimum atomic E-state index is 0.541. The lowest BCUT2D eigenvalue weighted by Crippen LogP contribution is -2.13. The maximum atomic E-state index is 5.36. The predicted molar refractivity (Wildman–Crippen MR) is 55.0 cm³/mol. The summed E-state index contributed by atoms with van der Waals surface area (Å²) in [7, 11) is 0. The second-order valence-electron chi connectivity index (χ2n) is 4.05. The molecule has 3 heteroatoms. The molecular formula is C10H14BrNO. The topological polar surface area (TPSA) is 26.0 Å². The molecule has 1 aliphatic carbocycles. The summed E-state index contributed by atoms with van der Waals surface area (Å²) >= 11 is 3.43. The van der Waals surface area contributed by atoms with Crippen LogP contribution in [0, 0.1) is 5.92 Å². The van der Waals surface area contributed by atoms with Gasteiger partial charge in [0.2, 0.25) is 0 Å². The molecule has 0 spiro atoms. The Morgan fingerprint density at radius 1 is 1.54 bits per heavy atom. The summed E-state index contributed by atoms with van der Waals surface area (Å²) in [5.74, 6) is 2.42. The fourth-order valence-electron chi connectivity index (χ4n) is 2.21. The first kappa shape index (κ1) is 9.25. The van der Waals surface area contributed by atoms with Gasteiger partial charge in [-0.2, -0.15) is 0 Å². The molecule has 0 amide bonds. The fraction of sp³-hybridized carbons (Fsp3) is 0.700. The van der Waals surface area contributed by atoms with E-state index in [1.807, 2.05) is 0 Å². The second-order valence-corrected chi connectivity index (χ2v) is 4.61. The lowest BCUT2D eigenvalue weighted by molar-refractivity contribution is 0.324. The zero-order chi connectivity index (χ0) is 9.42. The molecule has 0 N–H and O–H groups in total. The lowest BCUT2D eigenvalue weighted by Gasteiger charge is -2.22. The molecular weight excluding hydrogens is 230 g/mol. The van der Waals surface area contributed by atoms with Gasteiger partial charge in [0.15, 0.2) is 0 Å². The largest absolute Gasteiger partial charge is 0.361 e. The number of hydrogen-bond acceptors (Lipinski definition) is 2. The summed E-state index contributed by atoms with van der Waals surface area (Å²) in [5, 5.41) is 4.89. The van der Waals surface area contributed by atoms with Crippen LogP contribution in [0.3, 0.4) is 0 Å². The highest BCUT2D eigenvalue weighted by atomic mass is 79.9. The molecule has 2 atom stereocenters. The van der Waals surface area contributed by atoms with Gasteiger partial charge in [-0.3, -0.25) is 0 Å². The van der Waals surface area contributed by atoms with Crippen LogP contribution in [0.4, 0.5) is 0 Å². The van der Waals surface area contributed by atoms with Crippen molar-refractivity contribution in [2.45, 2.75) is 37.9 Å². The van der Waals surface area contributed by atoms with E-state index in [1.165, 1.54) is 12.0 Å². The minimum absolute atomic E-state index is 0.541. The lowest BCUT2D eigenvalue weighted by atomic mass is 9.82. The molecule has 72 valence electrons. The Hall–Kier alpha value is -0.310. The van der Waals surface area contributed by atoms with Crippen molar-refractivity contribution < 1.29 is 4.52 Å². The van der Waals surface area contributed by atoms with Gasteiger partial charge in [0, 0.05) is 16.8 Å². The van der Waals surface area contributed by atoms with Crippen molar-refractivity contribution in [1.29, 1.82) is 0 Å². The van der Waals surface area contributed by atoms with Gasteiger partial charge in [0.1, 0.15) is 5.76 Å². The quantitative estimate of drug-likeness (QED) is 0.708. The first-order chi connectivity index (χ1) is 6.22. The SMILES string of the molecule is CC1Cc2c(CBr)noc2C(C)C1. The van der Waals surface area contributed by atoms with Gasteiger partial charge < -0.3 is 4.52 Å². The number of aromatic nitrogens is 1. The van der Waals surface area contributed by atoms with Crippen LogP contribution in [0.5, 0.6) is 0 Å². The molecule has 1 aromatic rings. The van der Waals surface area contributed by atoms with Crippen LogP contribution >= 0.6 is 15.9 Å². The zero-order valence-electron chi connectivity index (χ0n) is 8.01. The van der Waals surface area contributed by atoms with E-state index in [9.17, 15) is 0 Å². The molecule has 0 radical (unpaired) electrons. The smallest absolute Gasteiger partial charge is 0.143 e. The van der Waals surface area contributed by atoms with E-state index >= 15 is 0 Å². The number of alkyl halides is 1. The van der Waals surface area contributed by atoms with Gasteiger partial charge in [-0.25, -0.2) is 0 Å². The molecule has 13 heavy (non-hydrogen) atoms. The summed E-state index contributed by atoms with van der Waals surface area (Å²) in [4.78, 5) is 0. The van der Waals surface area contributed by atoms with Gasteiger partial charge in [-0.05, 0) is 18.8 Å². The van der Waals surface area contributed by atoms with Crippen molar-refractivity contribution >= 4 is 15.9 Å². The van der Waals surface area contributed by atoms with Crippen molar-refractivity contribution in [2.24, 2.45) is 5.92 Å². The third-order valence-electron chi connectivity index (χ3n) is 2.78. The van der Waals surface area contributed by atoms with Crippen LogP contribution in [0.25, 0.3) is 0 Å². The average molecular weight is 244 g/mol. The predicted octanol–water partition coefficient (Wildman–Crippen LogP) is 3.26. The Morgan fingerprint density at radius 3 is 3.00 bits per heavy atom. The molecule has 2 rings (SSSR count). The standard InChI is InChI=1S/C10H14BrNO/c1-6-3-7(2)10-8(4-6)9(5-11)12-13-10/h6-7H,3-5H2,1-2H3. The van der Waals surface area contributed by atoms with Crippen LogP contribution in [0.15, 0.2) is 4.52 Å². The maximum Gasteiger partial charge on any atom is 0.143 e. The van der Waals surface area contributed by atoms with E-state index in [1.54, 1.807) is 0 Å². The summed E-state index contributed by atoms with van der Waals surface area (Å²) in [6, 6.07) is 0. The molecule has 0 bridgehead atoms. The molecule has 1 aromatic heterocycles. The maximum absolute atomic E-state index is 5.36. The van der Waals surface area contributed by atoms with Gasteiger partial charge in [-0.15, -0.1) is 0 Å². The van der Waals surface area contributed by atoms with Crippen molar-refractivity contribution in [3.8, 4) is 0 Å². The van der Waals surface area contributed by atoms with Gasteiger partial charge in [0.25, 0.3) is 0 Å². The number of hydrogen-bond donors (Lipinski definition) is 0. The van der Waals surface area contributed by atoms with E-state index < -0.39 is 0 Å². The summed E-state index contributed by atoms with van der Waals surface area (Å²) < 4.78 is 5.36. The van der Waals surface area contributed by atoms with Crippen LogP contribution in [0.2, 0.25) is 0 Å². The molecule has 2 nitrogen and oxygen atoms in total. The Kier molecular flexibility index (Phi) is 2.45. The minimum Gasteiger partial charge on any atom is -0.361 e. The van der Waals surface area contributed by atoms with Crippen molar-refractivity contribution in [2.75, 3.05) is 0 Å². The van der Waals surface area contributed by atoms with E-state index in [0.29, 0.717) is 5.92 Å². The highest BCUT2D eigenvalue weighted by molar-refractivity contribution is 9.08. The van der Waals surface area contributed by atoms with Crippen LogP contribution in [-0.4, -0.2) is 5.16 Å². The number of rotatable bonds is 1. The van der Waals surface area contributed by atoms with E-state index in [2.05, 4.69) is 34.9 Å². The van der Waals surface area contributed by atoms with Crippen LogP contribution < -0.4 is 0 Å². The Bertz CT molecular complexity index is 308. The van der Waals surface area contributed by atoms with E-state index in [-0.39, 0.29) is 0 Å². The van der Waals surface area contributed by atoms with Gasteiger partial charge >= 0.3 is 0 Å². The Labute approximate surface area is 86.8 Å². The zero-order valence-corrected chi connectivity index (χ0v) is 9.60. The first-order valence-corrected chi connectivity index (χ1v) is 5.87. The monoisotopic (exact) mass is 243 g/mol. The van der Waals surface area contributed by atoms with Gasteiger partial charge in [-0.1, -0.05) is 34.9 Å². The Balaban J connectivity index is 2.40. The number of halogens is 1. The highest BCUT2D eigenvalue weighted by Gasteiger charge is 2.27. The van der Waals surface area contributed by atoms with Crippen molar-refractivity contribution in [3.63, 3.8) is 0 Å². The number of fused-ring (bicyclic) bond motifs is 1. The average Bonchev–Trinajstić information content (AvgIpc) is 2.47. The molecule has 0 aromatic carbocycles. The van der Waals surface area contributed by atoms with Crippen molar-refractivity contribution in [3.05, 3.63) is 17.0 Å². The third kappa shape index (κ3) is 1.54. The molecule has 1 aliphatic rings. The highest BCUT2D eigenvalue weighted by Crippen LogP contribution is 2.36. The summed E-state index contributed by atoms with van der Waals surface area (Å²) in [6.45, 7) is 4.52. The molecule has 2 unspecified atom stereocenters. The van der Waals surface area contributed by atoms with Crippen LogP contribution in [0.1, 0.15) is 43.2 Å². The van der Waals surface area contributed by atoms with E-state index in [0.717, 1.165) is 29.1 Å². The summed E-state index contributed by atoms with van der Waals surface area (Å²) in [6.07, 6.45) is 2.36. The fourth-order valence-corrected chi connectivity index (χ4v) is 2.65. The van der Waals surface area contributed by atoms with Crippen LogP contribution in [-0.2, 0) is 11.8 Å².